The SMILES string of the molecule is NCCc1ccc(OCCS(=O)(=O)C2CCOCC2)cc1. The standard InChI is InChI=1S/C15H23NO4S/c16-8-5-13-1-3-14(4-2-13)20-11-12-21(17,18)15-6-9-19-10-7-15/h1-4,15H,5-12,16H2. The molecule has 0 bridgehead atoms. The fourth-order valence-corrected chi connectivity index (χ4v) is 3.96. The topological polar surface area (TPSA) is 78.6 Å². The van der Waals surface area contributed by atoms with E-state index in [1.807, 2.05) is 24.3 Å². The maximum absolute atomic E-state index is 12.2. The summed E-state index contributed by atoms with van der Waals surface area (Å²) in [4.78, 5) is 0. The number of hydrogen-bond acceptors (Lipinski definition) is 5. The van der Waals surface area contributed by atoms with E-state index in [0.717, 1.165) is 12.0 Å². The van der Waals surface area contributed by atoms with Gasteiger partial charge >= 0.3 is 0 Å². The minimum Gasteiger partial charge on any atom is -0.493 e. The van der Waals surface area contributed by atoms with E-state index in [0.29, 0.717) is 38.3 Å². The fourth-order valence-electron chi connectivity index (χ4n) is 2.40. The van der Waals surface area contributed by atoms with Gasteiger partial charge in [-0.25, -0.2) is 8.42 Å². The summed E-state index contributed by atoms with van der Waals surface area (Å²) in [5, 5.41) is -0.276. The van der Waals surface area contributed by atoms with Crippen LogP contribution in [0.4, 0.5) is 0 Å². The molecule has 0 radical (unpaired) electrons. The smallest absolute Gasteiger partial charge is 0.156 e. The van der Waals surface area contributed by atoms with Crippen LogP contribution in [0.2, 0.25) is 0 Å². The van der Waals surface area contributed by atoms with Crippen molar-refractivity contribution in [3.63, 3.8) is 0 Å². The monoisotopic (exact) mass is 313 g/mol. The van der Waals surface area contributed by atoms with Gasteiger partial charge in [0, 0.05) is 13.2 Å². The van der Waals surface area contributed by atoms with E-state index in [2.05, 4.69) is 0 Å². The first-order valence-corrected chi connectivity index (χ1v) is 9.04. The molecule has 118 valence electrons. The molecule has 5 nitrogen and oxygen atoms in total. The van der Waals surface area contributed by atoms with Gasteiger partial charge < -0.3 is 15.2 Å². The highest BCUT2D eigenvalue weighted by molar-refractivity contribution is 7.92. The van der Waals surface area contributed by atoms with Crippen molar-refractivity contribution in [3.05, 3.63) is 29.8 Å². The van der Waals surface area contributed by atoms with E-state index in [1.54, 1.807) is 0 Å². The molecule has 21 heavy (non-hydrogen) atoms. The summed E-state index contributed by atoms with van der Waals surface area (Å²) in [5.41, 5.74) is 6.64. The van der Waals surface area contributed by atoms with Crippen LogP contribution in [0.3, 0.4) is 0 Å². The van der Waals surface area contributed by atoms with Crippen molar-refractivity contribution in [1.82, 2.24) is 0 Å². The first-order valence-electron chi connectivity index (χ1n) is 7.33. The summed E-state index contributed by atoms with van der Waals surface area (Å²) < 4.78 is 35.1. The van der Waals surface area contributed by atoms with Gasteiger partial charge in [0.2, 0.25) is 0 Å². The van der Waals surface area contributed by atoms with Gasteiger partial charge in [-0.2, -0.15) is 0 Å². The van der Waals surface area contributed by atoms with Crippen LogP contribution >= 0.6 is 0 Å². The minimum atomic E-state index is -3.09. The van der Waals surface area contributed by atoms with Crippen LogP contribution in [0.15, 0.2) is 24.3 Å². The van der Waals surface area contributed by atoms with Crippen LogP contribution in [0.1, 0.15) is 18.4 Å². The van der Waals surface area contributed by atoms with E-state index in [4.69, 9.17) is 15.2 Å². The third kappa shape index (κ3) is 4.98. The lowest BCUT2D eigenvalue weighted by atomic mass is 10.1. The molecule has 0 saturated carbocycles. The molecule has 2 N–H and O–H groups in total. The molecule has 0 atom stereocenters. The first kappa shape index (κ1) is 16.3. The number of nitrogens with two attached hydrogens (primary N) is 1. The summed E-state index contributed by atoms with van der Waals surface area (Å²) in [5.74, 6) is 0.750. The molecule has 1 fully saturated rings. The summed E-state index contributed by atoms with van der Waals surface area (Å²) in [7, 11) is -3.09. The van der Waals surface area contributed by atoms with Gasteiger partial charge in [-0.15, -0.1) is 0 Å². The molecule has 0 amide bonds. The molecule has 1 aliphatic heterocycles. The van der Waals surface area contributed by atoms with Crippen molar-refractivity contribution in [1.29, 1.82) is 0 Å². The van der Waals surface area contributed by atoms with E-state index in [-0.39, 0.29) is 17.6 Å². The average Bonchev–Trinajstić information content (AvgIpc) is 2.50. The van der Waals surface area contributed by atoms with Crippen LogP contribution in [-0.4, -0.2) is 45.8 Å². The number of sulfone groups is 1. The van der Waals surface area contributed by atoms with Crippen LogP contribution in [0.5, 0.6) is 5.75 Å². The Labute approximate surface area is 126 Å². The predicted molar refractivity (Wildman–Crippen MR) is 82.3 cm³/mol. The number of ether oxygens (including phenoxy) is 2. The lowest BCUT2D eigenvalue weighted by Gasteiger charge is -2.22. The van der Waals surface area contributed by atoms with Gasteiger partial charge in [0.15, 0.2) is 9.84 Å². The zero-order valence-electron chi connectivity index (χ0n) is 12.2. The fraction of sp³-hybridized carbons (Fsp3) is 0.600. The van der Waals surface area contributed by atoms with Gasteiger partial charge in [0.05, 0.1) is 11.0 Å². The number of hydrogen-bond donors (Lipinski definition) is 1. The summed E-state index contributed by atoms with van der Waals surface area (Å²) >= 11 is 0. The normalized spacial score (nSPS) is 16.8. The van der Waals surface area contributed by atoms with Crippen LogP contribution < -0.4 is 10.5 Å². The second-order valence-corrected chi connectivity index (χ2v) is 7.61. The molecule has 0 spiro atoms. The Balaban J connectivity index is 1.80. The van der Waals surface area contributed by atoms with E-state index >= 15 is 0 Å². The molecule has 0 aromatic heterocycles. The zero-order chi connectivity index (χ0) is 15.1. The molecule has 0 aliphatic carbocycles. The molecule has 1 aromatic rings. The Hall–Kier alpha value is -1.11. The van der Waals surface area contributed by atoms with Crippen molar-refractivity contribution in [2.24, 2.45) is 5.73 Å². The molecule has 0 unspecified atom stereocenters. The molecule has 1 heterocycles. The van der Waals surface area contributed by atoms with Crippen molar-refractivity contribution < 1.29 is 17.9 Å². The highest BCUT2D eigenvalue weighted by Crippen LogP contribution is 2.17. The zero-order valence-corrected chi connectivity index (χ0v) is 13.0. The molecule has 2 rings (SSSR count). The van der Waals surface area contributed by atoms with Crippen LogP contribution in [0, 0.1) is 0 Å². The highest BCUT2D eigenvalue weighted by Gasteiger charge is 2.27. The summed E-state index contributed by atoms with van der Waals surface area (Å²) in [6, 6.07) is 7.61. The van der Waals surface area contributed by atoms with Gasteiger partial charge in [0.1, 0.15) is 12.4 Å². The second kappa shape index (κ2) is 7.77. The van der Waals surface area contributed by atoms with Crippen molar-refractivity contribution >= 4 is 9.84 Å². The maximum atomic E-state index is 12.2. The Bertz CT molecular complexity index is 521. The number of rotatable bonds is 7. The summed E-state index contributed by atoms with van der Waals surface area (Å²) in [6.07, 6.45) is 2.02. The molecular formula is C15H23NO4S. The Morgan fingerprint density at radius 2 is 1.86 bits per heavy atom. The maximum Gasteiger partial charge on any atom is 0.156 e. The van der Waals surface area contributed by atoms with Gasteiger partial charge in [0.25, 0.3) is 0 Å². The third-order valence-corrected chi connectivity index (χ3v) is 5.89. The van der Waals surface area contributed by atoms with E-state index in [1.165, 1.54) is 0 Å². The largest absolute Gasteiger partial charge is 0.493 e. The molecular weight excluding hydrogens is 290 g/mol. The molecule has 1 aliphatic rings. The first-order chi connectivity index (χ1) is 10.1. The predicted octanol–water partition coefficient (Wildman–Crippen LogP) is 1.16. The second-order valence-electron chi connectivity index (χ2n) is 5.21. The molecule has 1 aromatic carbocycles. The van der Waals surface area contributed by atoms with Gasteiger partial charge in [-0.1, -0.05) is 12.1 Å². The Morgan fingerprint density at radius 3 is 2.48 bits per heavy atom. The minimum absolute atomic E-state index is 0.0578. The van der Waals surface area contributed by atoms with Crippen molar-refractivity contribution in [3.8, 4) is 5.75 Å². The quantitative estimate of drug-likeness (QED) is 0.817. The van der Waals surface area contributed by atoms with Crippen molar-refractivity contribution in [2.45, 2.75) is 24.5 Å². The van der Waals surface area contributed by atoms with Crippen LogP contribution in [-0.2, 0) is 21.0 Å². The van der Waals surface area contributed by atoms with Gasteiger partial charge in [-0.3, -0.25) is 0 Å². The third-order valence-electron chi connectivity index (χ3n) is 3.67. The Morgan fingerprint density at radius 1 is 1.19 bits per heavy atom. The average molecular weight is 313 g/mol. The van der Waals surface area contributed by atoms with E-state index in [9.17, 15) is 8.42 Å². The van der Waals surface area contributed by atoms with Crippen molar-refractivity contribution in [2.75, 3.05) is 32.1 Å². The molecule has 1 saturated heterocycles. The lowest BCUT2D eigenvalue weighted by Crippen LogP contribution is -2.32. The molecule has 6 heteroatoms. The Kier molecular flexibility index (Phi) is 6.02. The summed E-state index contributed by atoms with van der Waals surface area (Å²) in [6.45, 7) is 1.88. The van der Waals surface area contributed by atoms with Gasteiger partial charge in [-0.05, 0) is 43.5 Å². The van der Waals surface area contributed by atoms with E-state index < -0.39 is 9.84 Å². The number of benzene rings is 1. The lowest BCUT2D eigenvalue weighted by molar-refractivity contribution is 0.0983. The van der Waals surface area contributed by atoms with Crippen LogP contribution in [0.25, 0.3) is 0 Å². The highest BCUT2D eigenvalue weighted by atomic mass is 32.2.